The van der Waals surface area contributed by atoms with E-state index >= 15 is 0 Å². The van der Waals surface area contributed by atoms with Gasteiger partial charge in [-0.15, -0.1) is 0 Å². The predicted octanol–water partition coefficient (Wildman–Crippen LogP) is 21.7. The summed E-state index contributed by atoms with van der Waals surface area (Å²) < 4.78 is 68.2. The number of aliphatic hydroxyl groups excluding tert-OH is 1. The number of esters is 4. The van der Waals surface area contributed by atoms with Gasteiger partial charge < -0.3 is 33.8 Å². The van der Waals surface area contributed by atoms with Gasteiger partial charge in [-0.3, -0.25) is 37.3 Å². The van der Waals surface area contributed by atoms with Gasteiger partial charge in [0.2, 0.25) is 0 Å². The van der Waals surface area contributed by atoms with Crippen molar-refractivity contribution in [2.24, 2.45) is 5.92 Å². The Hall–Kier alpha value is -1.94. The molecule has 93 heavy (non-hydrogen) atoms. The van der Waals surface area contributed by atoms with Gasteiger partial charge >= 0.3 is 39.5 Å². The molecule has 0 saturated heterocycles. The molecule has 0 bridgehead atoms. The van der Waals surface area contributed by atoms with Gasteiger partial charge in [0.05, 0.1) is 26.4 Å². The van der Waals surface area contributed by atoms with Gasteiger partial charge in [0.25, 0.3) is 0 Å². The zero-order valence-corrected chi connectivity index (χ0v) is 62.2. The number of phosphoric acid groups is 2. The number of carbonyl (C=O) groups excluding carboxylic acids is 4. The maximum absolute atomic E-state index is 13.1. The molecule has 552 valence electrons. The summed E-state index contributed by atoms with van der Waals surface area (Å²) in [6, 6.07) is 0. The Labute approximate surface area is 568 Å². The molecule has 0 spiro atoms. The van der Waals surface area contributed by atoms with Gasteiger partial charge in [0.15, 0.2) is 12.2 Å². The molecule has 0 rings (SSSR count). The van der Waals surface area contributed by atoms with E-state index in [4.69, 9.17) is 37.0 Å². The average molecular weight is 1370 g/mol. The third-order valence-electron chi connectivity index (χ3n) is 17.3. The van der Waals surface area contributed by atoms with Crippen LogP contribution < -0.4 is 0 Å². The van der Waals surface area contributed by atoms with E-state index in [9.17, 15) is 43.2 Å². The van der Waals surface area contributed by atoms with Crippen LogP contribution in [0.2, 0.25) is 0 Å². The Morgan fingerprint density at radius 2 is 0.495 bits per heavy atom. The summed E-state index contributed by atoms with van der Waals surface area (Å²) in [7, 11) is -9.90. The molecule has 5 atom stereocenters. The van der Waals surface area contributed by atoms with Crippen LogP contribution >= 0.6 is 15.6 Å². The minimum Gasteiger partial charge on any atom is -0.462 e. The van der Waals surface area contributed by atoms with Crippen molar-refractivity contribution in [3.05, 3.63) is 0 Å². The van der Waals surface area contributed by atoms with Crippen molar-refractivity contribution in [1.82, 2.24) is 0 Å². The highest BCUT2D eigenvalue weighted by Crippen LogP contribution is 2.45. The summed E-state index contributed by atoms with van der Waals surface area (Å²) in [6.07, 6.45) is 55.9. The largest absolute Gasteiger partial charge is 0.472 e. The third kappa shape index (κ3) is 68.4. The summed E-state index contributed by atoms with van der Waals surface area (Å²) in [5.74, 6) is -1.34. The first-order chi connectivity index (χ1) is 45.0. The van der Waals surface area contributed by atoms with Crippen LogP contribution in [0.3, 0.4) is 0 Å². The molecule has 0 aliphatic heterocycles. The standard InChI is InChI=1S/C74H144O17P2/c1-6-9-12-15-17-19-21-23-25-26-27-28-29-31-37-41-45-50-55-60-74(79)91-70(64-85-72(77)58-53-48-43-39-35-33-32-34-38-42-47-51-56-67(4)5)66-89-93(82,83)87-62-68(75)61-86-92(80,81)88-65-69(63-84-71(76)57-52-46-14-11-8-3)90-73(78)59-54-49-44-40-36-30-24-22-20-18-16-13-10-7-2/h67-70,75H,6-66H2,1-5H3,(H,80,81)(H,82,83)/t68-,69+,70+/m0/s1. The maximum atomic E-state index is 13.1. The number of unbranched alkanes of at least 4 members (excludes halogenated alkanes) is 46. The average Bonchev–Trinajstić information content (AvgIpc) is 3.72. The van der Waals surface area contributed by atoms with Gasteiger partial charge in [0, 0.05) is 25.7 Å². The van der Waals surface area contributed by atoms with Crippen LogP contribution in [-0.2, 0) is 65.4 Å². The highest BCUT2D eigenvalue weighted by molar-refractivity contribution is 7.47. The quantitative estimate of drug-likeness (QED) is 0.0222. The summed E-state index contributed by atoms with van der Waals surface area (Å²) in [4.78, 5) is 72.5. The van der Waals surface area contributed by atoms with Crippen LogP contribution in [0.5, 0.6) is 0 Å². The first-order valence-electron chi connectivity index (χ1n) is 38.6. The smallest absolute Gasteiger partial charge is 0.462 e. The van der Waals surface area contributed by atoms with E-state index in [1.165, 1.54) is 205 Å². The summed E-state index contributed by atoms with van der Waals surface area (Å²) in [6.45, 7) is 7.21. The molecule has 0 fully saturated rings. The van der Waals surface area contributed by atoms with Gasteiger partial charge in [-0.25, -0.2) is 9.13 Å². The van der Waals surface area contributed by atoms with E-state index < -0.39 is 97.5 Å². The second-order valence-corrected chi connectivity index (χ2v) is 30.1. The number of aliphatic hydroxyl groups is 1. The number of ether oxygens (including phenoxy) is 4. The molecule has 0 radical (unpaired) electrons. The van der Waals surface area contributed by atoms with Crippen LogP contribution in [0, 0.1) is 5.92 Å². The monoisotopic (exact) mass is 1370 g/mol. The lowest BCUT2D eigenvalue weighted by molar-refractivity contribution is -0.161. The van der Waals surface area contributed by atoms with Crippen LogP contribution in [0.25, 0.3) is 0 Å². The number of hydrogen-bond acceptors (Lipinski definition) is 15. The van der Waals surface area contributed by atoms with E-state index in [1.807, 2.05) is 0 Å². The van der Waals surface area contributed by atoms with E-state index in [0.29, 0.717) is 25.7 Å². The minimum absolute atomic E-state index is 0.107. The second kappa shape index (κ2) is 67.3. The second-order valence-electron chi connectivity index (χ2n) is 27.2. The van der Waals surface area contributed by atoms with Crippen LogP contribution in [-0.4, -0.2) is 96.7 Å². The van der Waals surface area contributed by atoms with Crippen molar-refractivity contribution < 1.29 is 80.2 Å². The van der Waals surface area contributed by atoms with Gasteiger partial charge in [-0.05, 0) is 31.6 Å². The van der Waals surface area contributed by atoms with Crippen molar-refractivity contribution in [3.8, 4) is 0 Å². The molecule has 0 aliphatic rings. The minimum atomic E-state index is -4.95. The van der Waals surface area contributed by atoms with E-state index in [1.54, 1.807) is 0 Å². The lowest BCUT2D eigenvalue weighted by Crippen LogP contribution is -2.30. The Kier molecular flexibility index (Phi) is 65.9. The maximum Gasteiger partial charge on any atom is 0.472 e. The van der Waals surface area contributed by atoms with E-state index in [0.717, 1.165) is 102 Å². The zero-order valence-electron chi connectivity index (χ0n) is 60.4. The molecule has 19 heteroatoms. The van der Waals surface area contributed by atoms with Crippen molar-refractivity contribution >= 4 is 39.5 Å². The molecule has 0 aromatic rings. The highest BCUT2D eigenvalue weighted by atomic mass is 31.2. The van der Waals surface area contributed by atoms with Gasteiger partial charge in [-0.2, -0.15) is 0 Å². The molecule has 2 unspecified atom stereocenters. The van der Waals surface area contributed by atoms with Crippen molar-refractivity contribution in [1.29, 1.82) is 0 Å². The van der Waals surface area contributed by atoms with Gasteiger partial charge in [0.1, 0.15) is 19.3 Å². The number of rotatable bonds is 74. The zero-order chi connectivity index (χ0) is 68.4. The predicted molar refractivity (Wildman–Crippen MR) is 377 cm³/mol. The van der Waals surface area contributed by atoms with E-state index in [-0.39, 0.29) is 25.7 Å². The lowest BCUT2D eigenvalue weighted by atomic mass is 10.0. The Morgan fingerprint density at radius 3 is 0.731 bits per heavy atom. The normalized spacial score (nSPS) is 14.0. The van der Waals surface area contributed by atoms with Crippen molar-refractivity contribution in [2.45, 2.75) is 406 Å². The summed E-state index contributed by atoms with van der Waals surface area (Å²) >= 11 is 0. The van der Waals surface area contributed by atoms with Crippen molar-refractivity contribution in [3.63, 3.8) is 0 Å². The lowest BCUT2D eigenvalue weighted by Gasteiger charge is -2.21. The summed E-state index contributed by atoms with van der Waals surface area (Å²) in [5.41, 5.74) is 0. The van der Waals surface area contributed by atoms with Crippen molar-refractivity contribution in [2.75, 3.05) is 39.6 Å². The molecule has 0 aromatic heterocycles. The molecule has 0 heterocycles. The first-order valence-corrected chi connectivity index (χ1v) is 41.6. The molecule has 0 amide bonds. The SMILES string of the molecule is CCCCCCCCCCCCCCCCCCCCCC(=O)O[C@H](COC(=O)CCCCCCCCCCCCCCC(C)C)COP(=O)(O)OC[C@@H](O)COP(=O)(O)OC[C@@H](COC(=O)CCCCCCC)OC(=O)CCCCCCCCCCCCCCCC. The molecule has 0 aliphatic carbocycles. The molecular weight excluding hydrogens is 1220 g/mol. The molecule has 17 nitrogen and oxygen atoms in total. The first kappa shape index (κ1) is 91.1. The molecule has 0 aromatic carbocycles. The summed E-state index contributed by atoms with van der Waals surface area (Å²) in [5, 5.41) is 10.6. The van der Waals surface area contributed by atoms with E-state index in [2.05, 4.69) is 34.6 Å². The molecule has 0 saturated carbocycles. The Morgan fingerprint density at radius 1 is 0.290 bits per heavy atom. The van der Waals surface area contributed by atoms with Crippen LogP contribution in [0.4, 0.5) is 0 Å². The van der Waals surface area contributed by atoms with Crippen LogP contribution in [0.1, 0.15) is 388 Å². The number of hydrogen-bond donors (Lipinski definition) is 3. The Bertz CT molecular complexity index is 1790. The third-order valence-corrected chi connectivity index (χ3v) is 19.2. The molecular formula is C74H144O17P2. The topological polar surface area (TPSA) is 237 Å². The Balaban J connectivity index is 5.14. The fraction of sp³-hybridized carbons (Fsp3) is 0.946. The fourth-order valence-electron chi connectivity index (χ4n) is 11.4. The number of carbonyl (C=O) groups is 4. The number of phosphoric ester groups is 2. The molecule has 3 N–H and O–H groups in total. The fourth-order valence-corrected chi connectivity index (χ4v) is 12.9. The highest BCUT2D eigenvalue weighted by Gasteiger charge is 2.30. The van der Waals surface area contributed by atoms with Gasteiger partial charge in [-0.1, -0.05) is 336 Å². The van der Waals surface area contributed by atoms with Crippen LogP contribution in [0.15, 0.2) is 0 Å².